The molecule has 1 heterocycles. The number of aliphatic imine (C=N–C) groups is 1. The first-order valence-electron chi connectivity index (χ1n) is 14.5. The van der Waals surface area contributed by atoms with E-state index < -0.39 is 18.7 Å². The number of hydrogen-bond acceptors (Lipinski definition) is 1. The summed E-state index contributed by atoms with van der Waals surface area (Å²) in [5.74, 6) is 0. The molecule has 0 saturated carbocycles. The first kappa shape index (κ1) is 27.9. The fraction of sp³-hybridized carbons (Fsp3) is 0.382. The Morgan fingerprint density at radius 2 is 0.973 bits per heavy atom. The molecule has 0 spiro atoms. The van der Waals surface area contributed by atoms with Gasteiger partial charge < -0.3 is 0 Å². The van der Waals surface area contributed by atoms with Crippen LogP contribution in [0.15, 0.2) is 108 Å². The summed E-state index contributed by atoms with van der Waals surface area (Å²) in [6, 6.07) is 34.1. The second-order valence-electron chi connectivity index (χ2n) is 10.7. The molecule has 0 N–H and O–H groups in total. The molecule has 0 radical (unpaired) electrons. The van der Waals surface area contributed by atoms with Gasteiger partial charge in [-0.1, -0.05) is 0 Å². The summed E-state index contributed by atoms with van der Waals surface area (Å²) >= 11 is -3.13. The molecular formula is C34H45N2Sn+. The third-order valence-electron chi connectivity index (χ3n) is 8.54. The molecule has 3 aromatic rings. The zero-order valence-corrected chi connectivity index (χ0v) is 26.0. The molecular weight excluding hydrogens is 555 g/mol. The monoisotopic (exact) mass is 601 g/mol. The van der Waals surface area contributed by atoms with Gasteiger partial charge in [0, 0.05) is 0 Å². The van der Waals surface area contributed by atoms with Gasteiger partial charge in [-0.3, -0.25) is 0 Å². The molecule has 1 aliphatic rings. The summed E-state index contributed by atoms with van der Waals surface area (Å²) in [7, 11) is 0. The number of nitrogens with zero attached hydrogens (tertiary/aromatic N) is 2. The summed E-state index contributed by atoms with van der Waals surface area (Å²) < 4.78 is 5.11. The van der Waals surface area contributed by atoms with Gasteiger partial charge in [-0.15, -0.1) is 0 Å². The van der Waals surface area contributed by atoms with Gasteiger partial charge in [-0.2, -0.15) is 0 Å². The zero-order valence-electron chi connectivity index (χ0n) is 23.2. The van der Waals surface area contributed by atoms with Gasteiger partial charge in [0.2, 0.25) is 0 Å². The fourth-order valence-corrected chi connectivity index (χ4v) is 25.9. The van der Waals surface area contributed by atoms with Crippen LogP contribution in [0.4, 0.5) is 0 Å². The van der Waals surface area contributed by atoms with E-state index in [1.807, 2.05) is 0 Å². The van der Waals surface area contributed by atoms with Crippen molar-refractivity contribution in [2.75, 3.05) is 0 Å². The second-order valence-corrected chi connectivity index (χ2v) is 24.1. The van der Waals surface area contributed by atoms with Crippen LogP contribution < -0.4 is 0 Å². The predicted molar refractivity (Wildman–Crippen MR) is 162 cm³/mol. The third kappa shape index (κ3) is 5.12. The molecule has 3 aromatic carbocycles. The number of benzene rings is 3. The first-order valence-corrected chi connectivity index (χ1v) is 21.8. The Bertz CT molecular complexity index is 1010. The third-order valence-corrected chi connectivity index (χ3v) is 25.7. The first-order chi connectivity index (χ1) is 18.2. The van der Waals surface area contributed by atoms with E-state index in [9.17, 15) is 0 Å². The molecule has 37 heavy (non-hydrogen) atoms. The molecule has 2 nitrogen and oxygen atoms in total. The summed E-state index contributed by atoms with van der Waals surface area (Å²) in [6.07, 6.45) is 14.8. The SMILES string of the molecule is CCC[CH2][Sn]([CH2]CCC)([CH2]CCC)[N+]1(C(c2ccccc2)(c2ccccc2)c2ccccc2)C=CN=C1. The molecule has 3 heteroatoms. The predicted octanol–water partition coefficient (Wildman–Crippen LogP) is 9.65. The Morgan fingerprint density at radius 1 is 0.595 bits per heavy atom. The van der Waals surface area contributed by atoms with Gasteiger partial charge in [0.1, 0.15) is 0 Å². The van der Waals surface area contributed by atoms with E-state index in [4.69, 9.17) is 4.99 Å². The zero-order chi connectivity index (χ0) is 26.0. The summed E-state index contributed by atoms with van der Waals surface area (Å²) in [5, 5.41) is 0. The summed E-state index contributed by atoms with van der Waals surface area (Å²) in [5.41, 5.74) is 3.74. The summed E-state index contributed by atoms with van der Waals surface area (Å²) in [4.78, 5) is 4.99. The fourth-order valence-electron chi connectivity index (χ4n) is 6.79. The van der Waals surface area contributed by atoms with Gasteiger partial charge in [-0.05, 0) is 0 Å². The Kier molecular flexibility index (Phi) is 9.83. The molecule has 1 unspecified atom stereocenters. The quantitative estimate of drug-likeness (QED) is 0.129. The van der Waals surface area contributed by atoms with E-state index >= 15 is 0 Å². The molecule has 0 aromatic heterocycles. The number of hydrogen-bond donors (Lipinski definition) is 0. The topological polar surface area (TPSA) is 12.4 Å². The van der Waals surface area contributed by atoms with E-state index in [2.05, 4.69) is 131 Å². The van der Waals surface area contributed by atoms with Crippen molar-refractivity contribution in [3.63, 3.8) is 0 Å². The van der Waals surface area contributed by atoms with E-state index in [0.717, 1.165) is 2.70 Å². The van der Waals surface area contributed by atoms with Crippen LogP contribution in [0.5, 0.6) is 0 Å². The molecule has 194 valence electrons. The van der Waals surface area contributed by atoms with Crippen molar-refractivity contribution in [3.05, 3.63) is 120 Å². The van der Waals surface area contributed by atoms with Crippen LogP contribution in [0.1, 0.15) is 76.0 Å². The molecule has 4 rings (SSSR count). The van der Waals surface area contributed by atoms with Crippen molar-refractivity contribution < 1.29 is 2.70 Å². The van der Waals surface area contributed by atoms with E-state index in [-0.39, 0.29) is 5.54 Å². The van der Waals surface area contributed by atoms with Crippen LogP contribution in [0.2, 0.25) is 13.3 Å². The van der Waals surface area contributed by atoms with Crippen LogP contribution in [0.3, 0.4) is 0 Å². The van der Waals surface area contributed by atoms with Crippen molar-refractivity contribution in [2.24, 2.45) is 4.99 Å². The minimum atomic E-state index is -3.13. The Labute approximate surface area is 230 Å². The number of rotatable bonds is 14. The van der Waals surface area contributed by atoms with Crippen LogP contribution in [-0.4, -0.2) is 27.7 Å². The molecule has 0 fully saturated rings. The van der Waals surface area contributed by atoms with Crippen LogP contribution in [0, 0.1) is 0 Å². The van der Waals surface area contributed by atoms with Crippen LogP contribution in [0.25, 0.3) is 0 Å². The molecule has 0 aliphatic carbocycles. The molecule has 1 aliphatic heterocycles. The van der Waals surface area contributed by atoms with Gasteiger partial charge in [-0.25, -0.2) is 0 Å². The Hall–Kier alpha value is -2.17. The average Bonchev–Trinajstić information content (AvgIpc) is 3.47. The van der Waals surface area contributed by atoms with E-state index in [0.29, 0.717) is 0 Å². The number of quaternary nitrogens is 1. The Balaban J connectivity index is 2.16. The maximum atomic E-state index is 4.99. The molecule has 0 bridgehead atoms. The minimum absolute atomic E-state index is 0.369. The number of unbranched alkanes of at least 4 members (excludes halogenated alkanes) is 3. The van der Waals surface area contributed by atoms with Crippen LogP contribution in [-0.2, 0) is 5.54 Å². The molecule has 0 saturated heterocycles. The molecule has 0 amide bonds. The maximum absolute atomic E-state index is 4.99. The van der Waals surface area contributed by atoms with E-state index in [1.165, 1.54) is 68.5 Å². The van der Waals surface area contributed by atoms with Crippen molar-refractivity contribution in [2.45, 2.75) is 78.1 Å². The van der Waals surface area contributed by atoms with Gasteiger partial charge in [0.05, 0.1) is 0 Å². The van der Waals surface area contributed by atoms with E-state index in [1.54, 1.807) is 0 Å². The van der Waals surface area contributed by atoms with Crippen molar-refractivity contribution >= 4 is 25.0 Å². The normalized spacial score (nSPS) is 17.4. The van der Waals surface area contributed by atoms with Gasteiger partial charge in [0.25, 0.3) is 0 Å². The summed E-state index contributed by atoms with van der Waals surface area (Å²) in [6.45, 7) is 7.11. The average molecular weight is 600 g/mol. The second kappa shape index (κ2) is 13.1. The van der Waals surface area contributed by atoms with Gasteiger partial charge >= 0.3 is 231 Å². The standard InChI is InChI=1S/C22H18N2.3C4H9.Sn/c1-4-10-19(11-5-1)22(24-17-16-23-18-24,20-12-6-2-7-13-20)21-14-8-3-9-15-21;3*1-3-4-2;/h1-18H;3*1,3-4H2,2H3;/q;;;;+1. The van der Waals surface area contributed by atoms with Crippen molar-refractivity contribution in [3.8, 4) is 0 Å². The van der Waals surface area contributed by atoms with Crippen molar-refractivity contribution in [1.29, 1.82) is 0 Å². The molecule has 1 atom stereocenters. The van der Waals surface area contributed by atoms with Gasteiger partial charge in [0.15, 0.2) is 0 Å². The van der Waals surface area contributed by atoms with Crippen LogP contribution >= 0.6 is 0 Å². The Morgan fingerprint density at radius 3 is 1.27 bits per heavy atom. The van der Waals surface area contributed by atoms with Crippen molar-refractivity contribution in [1.82, 2.24) is 0 Å².